The molecule has 0 spiro atoms. The zero-order valence-corrected chi connectivity index (χ0v) is 12.3. The van der Waals surface area contributed by atoms with Gasteiger partial charge in [-0.25, -0.2) is 0 Å². The minimum absolute atomic E-state index is 0.0391. The molecule has 1 amide bonds. The summed E-state index contributed by atoms with van der Waals surface area (Å²) in [6.45, 7) is 8.43. The molecule has 100 valence electrons. The SMILES string of the molecule is CC(SC(C)C(C)C)C(=O)Nc1ccc(N)cc1. The number of nitrogen functional groups attached to an aromatic ring is 1. The minimum Gasteiger partial charge on any atom is -0.399 e. The van der Waals surface area contributed by atoms with Crippen LogP contribution in [0.1, 0.15) is 27.7 Å². The third-order valence-corrected chi connectivity index (χ3v) is 4.50. The summed E-state index contributed by atoms with van der Waals surface area (Å²) >= 11 is 1.70. The van der Waals surface area contributed by atoms with Crippen molar-refractivity contribution in [3.63, 3.8) is 0 Å². The number of carbonyl (C=O) groups excluding carboxylic acids is 1. The fourth-order valence-electron chi connectivity index (χ4n) is 1.35. The maximum atomic E-state index is 12.0. The molecule has 0 aliphatic heterocycles. The Morgan fingerprint density at radius 3 is 2.22 bits per heavy atom. The average Bonchev–Trinajstić information content (AvgIpc) is 2.31. The van der Waals surface area contributed by atoms with Gasteiger partial charge in [-0.05, 0) is 37.1 Å². The zero-order chi connectivity index (χ0) is 13.7. The molecular weight excluding hydrogens is 244 g/mol. The smallest absolute Gasteiger partial charge is 0.237 e. The topological polar surface area (TPSA) is 55.1 Å². The fourth-order valence-corrected chi connectivity index (χ4v) is 2.49. The van der Waals surface area contributed by atoms with Crippen LogP contribution in [0.25, 0.3) is 0 Å². The van der Waals surface area contributed by atoms with Gasteiger partial charge in [-0.15, -0.1) is 11.8 Å². The Kier molecular flexibility index (Phi) is 5.54. The van der Waals surface area contributed by atoms with Crippen molar-refractivity contribution in [3.05, 3.63) is 24.3 Å². The van der Waals surface area contributed by atoms with Gasteiger partial charge in [0.1, 0.15) is 0 Å². The molecule has 0 aliphatic carbocycles. The lowest BCUT2D eigenvalue weighted by Crippen LogP contribution is -2.25. The fraction of sp³-hybridized carbons (Fsp3) is 0.500. The van der Waals surface area contributed by atoms with Crippen molar-refractivity contribution in [2.75, 3.05) is 11.1 Å². The maximum absolute atomic E-state index is 12.0. The van der Waals surface area contributed by atoms with E-state index in [4.69, 9.17) is 5.73 Å². The molecule has 4 heteroatoms. The van der Waals surface area contributed by atoms with E-state index in [2.05, 4.69) is 26.1 Å². The van der Waals surface area contributed by atoms with Gasteiger partial charge in [0.2, 0.25) is 5.91 Å². The van der Waals surface area contributed by atoms with Gasteiger partial charge >= 0.3 is 0 Å². The number of rotatable bonds is 5. The van der Waals surface area contributed by atoms with Crippen molar-refractivity contribution in [1.29, 1.82) is 0 Å². The molecule has 2 unspecified atom stereocenters. The second-order valence-corrected chi connectivity index (χ2v) is 6.56. The van der Waals surface area contributed by atoms with Crippen molar-refractivity contribution in [2.45, 2.75) is 38.2 Å². The minimum atomic E-state index is -0.0556. The van der Waals surface area contributed by atoms with Crippen LogP contribution in [0, 0.1) is 5.92 Å². The summed E-state index contributed by atoms with van der Waals surface area (Å²) in [6.07, 6.45) is 0. The molecule has 18 heavy (non-hydrogen) atoms. The molecule has 0 aromatic heterocycles. The van der Waals surface area contributed by atoms with Gasteiger partial charge in [0.25, 0.3) is 0 Å². The summed E-state index contributed by atoms with van der Waals surface area (Å²) in [7, 11) is 0. The summed E-state index contributed by atoms with van der Waals surface area (Å²) in [4.78, 5) is 12.0. The van der Waals surface area contributed by atoms with Crippen molar-refractivity contribution in [2.24, 2.45) is 5.92 Å². The molecule has 1 aromatic rings. The highest BCUT2D eigenvalue weighted by molar-refractivity contribution is 8.01. The zero-order valence-electron chi connectivity index (χ0n) is 11.4. The van der Waals surface area contributed by atoms with E-state index in [9.17, 15) is 4.79 Å². The molecule has 3 N–H and O–H groups in total. The van der Waals surface area contributed by atoms with E-state index in [0.717, 1.165) is 5.69 Å². The molecule has 0 radical (unpaired) electrons. The quantitative estimate of drug-likeness (QED) is 0.803. The molecule has 0 aliphatic rings. The van der Waals surface area contributed by atoms with E-state index in [-0.39, 0.29) is 11.2 Å². The summed E-state index contributed by atoms with van der Waals surface area (Å²) in [5, 5.41) is 3.31. The van der Waals surface area contributed by atoms with Crippen LogP contribution in [-0.2, 0) is 4.79 Å². The predicted octanol–water partition coefficient (Wildman–Crippen LogP) is 3.37. The van der Waals surface area contributed by atoms with E-state index < -0.39 is 0 Å². The first-order valence-corrected chi connectivity index (χ1v) is 7.16. The van der Waals surface area contributed by atoms with Crippen LogP contribution >= 0.6 is 11.8 Å². The second-order valence-electron chi connectivity index (χ2n) is 4.84. The molecule has 3 nitrogen and oxygen atoms in total. The Hall–Kier alpha value is -1.16. The Morgan fingerprint density at radius 2 is 1.72 bits per heavy atom. The molecule has 1 aromatic carbocycles. The number of anilines is 2. The predicted molar refractivity (Wildman–Crippen MR) is 80.8 cm³/mol. The van der Waals surface area contributed by atoms with Gasteiger partial charge in [0.15, 0.2) is 0 Å². The van der Waals surface area contributed by atoms with Crippen LogP contribution in [0.2, 0.25) is 0 Å². The monoisotopic (exact) mass is 266 g/mol. The molecule has 2 atom stereocenters. The number of nitrogens with one attached hydrogen (secondary N) is 1. The van der Waals surface area contributed by atoms with E-state index in [1.165, 1.54) is 0 Å². The number of carbonyl (C=O) groups is 1. The van der Waals surface area contributed by atoms with Crippen LogP contribution < -0.4 is 11.1 Å². The van der Waals surface area contributed by atoms with Crippen LogP contribution in [-0.4, -0.2) is 16.4 Å². The van der Waals surface area contributed by atoms with Crippen molar-refractivity contribution in [1.82, 2.24) is 0 Å². The van der Waals surface area contributed by atoms with Gasteiger partial charge in [-0.1, -0.05) is 20.8 Å². The standard InChI is InChI=1S/C14H22N2OS/c1-9(2)10(3)18-11(4)14(17)16-13-7-5-12(15)6-8-13/h5-11H,15H2,1-4H3,(H,16,17). The number of nitrogens with two attached hydrogens (primary N) is 1. The number of thioether (sulfide) groups is 1. The Labute approximate surface area is 114 Å². The Morgan fingerprint density at radius 1 is 1.17 bits per heavy atom. The Balaban J connectivity index is 2.52. The van der Waals surface area contributed by atoms with Crippen LogP contribution in [0.4, 0.5) is 11.4 Å². The van der Waals surface area contributed by atoms with E-state index in [1.807, 2.05) is 19.1 Å². The lowest BCUT2D eigenvalue weighted by atomic mass is 10.2. The highest BCUT2D eigenvalue weighted by atomic mass is 32.2. The number of hydrogen-bond acceptors (Lipinski definition) is 3. The molecule has 0 fully saturated rings. The van der Waals surface area contributed by atoms with E-state index >= 15 is 0 Å². The van der Waals surface area contributed by atoms with Gasteiger partial charge in [0, 0.05) is 16.6 Å². The summed E-state index contributed by atoms with van der Waals surface area (Å²) in [5.74, 6) is 0.610. The molecule has 0 heterocycles. The third kappa shape index (κ3) is 4.61. The first-order chi connectivity index (χ1) is 8.40. The van der Waals surface area contributed by atoms with Crippen molar-refractivity contribution < 1.29 is 4.79 Å². The molecule has 0 bridgehead atoms. The van der Waals surface area contributed by atoms with E-state index in [0.29, 0.717) is 16.9 Å². The first kappa shape index (κ1) is 14.9. The second kappa shape index (κ2) is 6.69. The number of hydrogen-bond donors (Lipinski definition) is 2. The van der Waals surface area contributed by atoms with Crippen LogP contribution in [0.15, 0.2) is 24.3 Å². The van der Waals surface area contributed by atoms with Gasteiger partial charge in [-0.2, -0.15) is 0 Å². The summed E-state index contributed by atoms with van der Waals surface area (Å²) < 4.78 is 0. The third-order valence-electron chi connectivity index (χ3n) is 2.91. The molecular formula is C14H22N2OS. The highest BCUT2D eigenvalue weighted by Gasteiger charge is 2.18. The van der Waals surface area contributed by atoms with Crippen molar-refractivity contribution in [3.8, 4) is 0 Å². The van der Waals surface area contributed by atoms with Gasteiger partial charge in [-0.3, -0.25) is 4.79 Å². The largest absolute Gasteiger partial charge is 0.399 e. The summed E-state index contributed by atoms with van der Waals surface area (Å²) in [5.41, 5.74) is 7.09. The molecule has 1 rings (SSSR count). The van der Waals surface area contributed by atoms with Crippen LogP contribution in [0.5, 0.6) is 0 Å². The van der Waals surface area contributed by atoms with Crippen molar-refractivity contribution >= 4 is 29.0 Å². The lowest BCUT2D eigenvalue weighted by Gasteiger charge is -2.19. The normalized spacial score (nSPS) is 14.3. The molecule has 0 saturated carbocycles. The lowest BCUT2D eigenvalue weighted by molar-refractivity contribution is -0.115. The maximum Gasteiger partial charge on any atom is 0.237 e. The van der Waals surface area contributed by atoms with Gasteiger partial charge in [0.05, 0.1) is 5.25 Å². The first-order valence-electron chi connectivity index (χ1n) is 6.22. The van der Waals surface area contributed by atoms with Gasteiger partial charge < -0.3 is 11.1 Å². The number of benzene rings is 1. The highest BCUT2D eigenvalue weighted by Crippen LogP contribution is 2.24. The molecule has 0 saturated heterocycles. The average molecular weight is 266 g/mol. The van der Waals surface area contributed by atoms with E-state index in [1.54, 1.807) is 23.9 Å². The number of amides is 1. The van der Waals surface area contributed by atoms with Crippen LogP contribution in [0.3, 0.4) is 0 Å². The summed E-state index contributed by atoms with van der Waals surface area (Å²) in [6, 6.07) is 7.20. The Bertz CT molecular complexity index is 389.